The van der Waals surface area contributed by atoms with E-state index in [1.54, 1.807) is 0 Å². The Kier molecular flexibility index (Phi) is 2.81. The Labute approximate surface area is 153 Å². The third kappa shape index (κ3) is 1.90. The quantitative estimate of drug-likeness (QED) is 0.323. The summed E-state index contributed by atoms with van der Waals surface area (Å²) in [7, 11) is 0. The van der Waals surface area contributed by atoms with Gasteiger partial charge in [0, 0.05) is 0 Å². The average Bonchev–Trinajstić information content (AvgIpc) is 3.25. The Hall–Kier alpha value is -3.12. The van der Waals surface area contributed by atoms with Gasteiger partial charge in [0.05, 0.1) is 0 Å². The first-order valence-electron chi connectivity index (χ1n) is 9.30. The average molecular weight is 330 g/mol. The second-order valence-corrected chi connectivity index (χ2v) is 7.37. The van der Waals surface area contributed by atoms with E-state index in [1.807, 2.05) is 0 Å². The molecule has 0 nitrogen and oxygen atoms in total. The highest BCUT2D eigenvalue weighted by molar-refractivity contribution is 5.86. The fraction of sp³-hybridized carbons (Fsp3) is 0.0769. The van der Waals surface area contributed by atoms with Crippen LogP contribution in [0.3, 0.4) is 0 Å². The van der Waals surface area contributed by atoms with Gasteiger partial charge in [-0.05, 0) is 68.5 Å². The van der Waals surface area contributed by atoms with Crippen LogP contribution in [0.1, 0.15) is 22.3 Å². The van der Waals surface area contributed by atoms with Gasteiger partial charge in [0.25, 0.3) is 0 Å². The molecule has 4 aromatic carbocycles. The molecule has 0 radical (unpaired) electrons. The van der Waals surface area contributed by atoms with Gasteiger partial charge < -0.3 is 0 Å². The molecule has 4 aromatic rings. The number of hydrogen-bond acceptors (Lipinski definition) is 0. The predicted molar refractivity (Wildman–Crippen MR) is 108 cm³/mol. The monoisotopic (exact) mass is 330 g/mol. The first-order valence-corrected chi connectivity index (χ1v) is 9.30. The molecule has 0 heterocycles. The van der Waals surface area contributed by atoms with E-state index in [4.69, 9.17) is 0 Å². The van der Waals surface area contributed by atoms with E-state index >= 15 is 0 Å². The maximum Gasteiger partial charge on any atom is -0.000729 e. The fourth-order valence-electron chi connectivity index (χ4n) is 4.74. The van der Waals surface area contributed by atoms with Gasteiger partial charge in [-0.2, -0.15) is 0 Å². The minimum Gasteiger partial charge on any atom is -0.0619 e. The molecule has 2 aliphatic rings. The Bertz CT molecular complexity index is 1180. The van der Waals surface area contributed by atoms with Gasteiger partial charge >= 0.3 is 0 Å². The Morgan fingerprint density at radius 2 is 1.04 bits per heavy atom. The van der Waals surface area contributed by atoms with Crippen molar-refractivity contribution in [2.75, 3.05) is 0 Å². The zero-order valence-electron chi connectivity index (χ0n) is 14.5. The highest BCUT2D eigenvalue weighted by Crippen LogP contribution is 2.43. The van der Waals surface area contributed by atoms with Crippen LogP contribution in [-0.4, -0.2) is 0 Å². The maximum absolute atomic E-state index is 2.41. The lowest BCUT2D eigenvalue weighted by molar-refractivity contribution is 1.25. The number of hydrogen-bond donors (Lipinski definition) is 0. The van der Waals surface area contributed by atoms with Crippen LogP contribution in [0.2, 0.25) is 0 Å². The molecule has 0 N–H and O–H groups in total. The fourth-order valence-corrected chi connectivity index (χ4v) is 4.74. The first kappa shape index (κ1) is 14.1. The summed E-state index contributed by atoms with van der Waals surface area (Å²) in [6, 6.07) is 31.4. The molecule has 2 aliphatic carbocycles. The molecule has 0 atom stereocenters. The molecule has 0 heteroatoms. The van der Waals surface area contributed by atoms with Crippen LogP contribution in [0.4, 0.5) is 0 Å². The zero-order chi connectivity index (χ0) is 17.1. The summed E-state index contributed by atoms with van der Waals surface area (Å²) in [5.41, 5.74) is 14.2. The minimum atomic E-state index is 1.04. The number of fused-ring (bicyclic) bond motifs is 6. The van der Waals surface area contributed by atoms with E-state index in [0.717, 1.165) is 12.8 Å². The summed E-state index contributed by atoms with van der Waals surface area (Å²) in [5.74, 6) is 0. The second kappa shape index (κ2) is 5.19. The van der Waals surface area contributed by atoms with Crippen molar-refractivity contribution in [1.82, 2.24) is 0 Å². The second-order valence-electron chi connectivity index (χ2n) is 7.37. The van der Waals surface area contributed by atoms with Crippen LogP contribution in [0.15, 0.2) is 84.9 Å². The van der Waals surface area contributed by atoms with Crippen molar-refractivity contribution in [2.24, 2.45) is 0 Å². The summed E-state index contributed by atoms with van der Waals surface area (Å²) in [4.78, 5) is 0. The molecule has 0 saturated heterocycles. The van der Waals surface area contributed by atoms with Crippen molar-refractivity contribution in [1.29, 1.82) is 0 Å². The van der Waals surface area contributed by atoms with Gasteiger partial charge in [-0.25, -0.2) is 0 Å². The van der Waals surface area contributed by atoms with E-state index in [0.29, 0.717) is 0 Å². The van der Waals surface area contributed by atoms with Crippen molar-refractivity contribution < 1.29 is 0 Å². The molecular weight excluding hydrogens is 312 g/mol. The molecule has 0 spiro atoms. The summed E-state index contributed by atoms with van der Waals surface area (Å²) in [5, 5.41) is 0. The SMILES string of the molecule is c1ccc2c(c1)Cc1cc(-c3cccc4c3Cc3ccccc3-4)ccc1-2. The Balaban J connectivity index is 1.50. The number of rotatable bonds is 1. The van der Waals surface area contributed by atoms with E-state index in [-0.39, 0.29) is 0 Å². The van der Waals surface area contributed by atoms with Gasteiger partial charge in [-0.15, -0.1) is 0 Å². The molecule has 0 aliphatic heterocycles. The molecule has 0 aromatic heterocycles. The molecule has 0 amide bonds. The van der Waals surface area contributed by atoms with Gasteiger partial charge in [-0.1, -0.05) is 84.9 Å². The van der Waals surface area contributed by atoms with Gasteiger partial charge in [0.2, 0.25) is 0 Å². The van der Waals surface area contributed by atoms with E-state index in [1.165, 1.54) is 55.6 Å². The highest BCUT2D eigenvalue weighted by Gasteiger charge is 2.23. The third-order valence-electron chi connectivity index (χ3n) is 5.96. The topological polar surface area (TPSA) is 0 Å². The van der Waals surface area contributed by atoms with E-state index in [2.05, 4.69) is 84.9 Å². The van der Waals surface area contributed by atoms with Crippen LogP contribution in [0.5, 0.6) is 0 Å². The largest absolute Gasteiger partial charge is 0.0619 e. The molecule has 0 bridgehead atoms. The normalized spacial score (nSPS) is 13.1. The molecule has 26 heavy (non-hydrogen) atoms. The third-order valence-corrected chi connectivity index (χ3v) is 5.96. The lowest BCUT2D eigenvalue weighted by Gasteiger charge is -2.11. The lowest BCUT2D eigenvalue weighted by atomic mass is 9.93. The van der Waals surface area contributed by atoms with Gasteiger partial charge in [0.15, 0.2) is 0 Å². The summed E-state index contributed by atoms with van der Waals surface area (Å²) < 4.78 is 0. The highest BCUT2D eigenvalue weighted by atomic mass is 14.3. The Morgan fingerprint density at radius 3 is 1.88 bits per heavy atom. The zero-order valence-corrected chi connectivity index (χ0v) is 14.5. The summed E-state index contributed by atoms with van der Waals surface area (Å²) in [6.07, 6.45) is 2.09. The van der Waals surface area contributed by atoms with Crippen molar-refractivity contribution in [3.05, 3.63) is 107 Å². The maximum atomic E-state index is 2.41. The van der Waals surface area contributed by atoms with Crippen molar-refractivity contribution in [2.45, 2.75) is 12.8 Å². The predicted octanol–water partition coefficient (Wildman–Crippen LogP) is 6.50. The van der Waals surface area contributed by atoms with Crippen molar-refractivity contribution in [3.8, 4) is 33.4 Å². The van der Waals surface area contributed by atoms with Crippen LogP contribution in [-0.2, 0) is 12.8 Å². The molecule has 0 saturated carbocycles. The molecule has 0 unspecified atom stereocenters. The molecule has 122 valence electrons. The van der Waals surface area contributed by atoms with Gasteiger partial charge in [-0.3, -0.25) is 0 Å². The van der Waals surface area contributed by atoms with E-state index < -0.39 is 0 Å². The number of benzene rings is 4. The van der Waals surface area contributed by atoms with Crippen LogP contribution < -0.4 is 0 Å². The van der Waals surface area contributed by atoms with Crippen molar-refractivity contribution in [3.63, 3.8) is 0 Å². The Morgan fingerprint density at radius 1 is 0.423 bits per heavy atom. The smallest absolute Gasteiger partial charge is 0.000729 e. The molecule has 0 fully saturated rings. The summed E-state index contributed by atoms with van der Waals surface area (Å²) >= 11 is 0. The van der Waals surface area contributed by atoms with Crippen LogP contribution in [0, 0.1) is 0 Å². The first-order chi connectivity index (χ1) is 12.9. The summed E-state index contributed by atoms with van der Waals surface area (Å²) in [6.45, 7) is 0. The van der Waals surface area contributed by atoms with E-state index in [9.17, 15) is 0 Å². The lowest BCUT2D eigenvalue weighted by Crippen LogP contribution is -1.89. The van der Waals surface area contributed by atoms with Crippen LogP contribution >= 0.6 is 0 Å². The van der Waals surface area contributed by atoms with Crippen molar-refractivity contribution >= 4 is 0 Å². The van der Waals surface area contributed by atoms with Crippen LogP contribution in [0.25, 0.3) is 33.4 Å². The van der Waals surface area contributed by atoms with Gasteiger partial charge in [0.1, 0.15) is 0 Å². The standard InChI is InChI=1S/C26H18/c1-3-8-21-17(6-1)14-20-15-19(12-13-24(20)21)23-10-5-11-25-22-9-4-2-7-18(22)16-26(23)25/h1-13,15H,14,16H2. The molecule has 6 rings (SSSR count). The molecular formula is C26H18. The minimum absolute atomic E-state index is 1.04.